The predicted octanol–water partition coefficient (Wildman–Crippen LogP) is 4.99. The second-order valence-corrected chi connectivity index (χ2v) is 7.34. The van der Waals surface area contributed by atoms with Crippen LogP contribution in [0.2, 0.25) is 0 Å². The third-order valence-electron chi connectivity index (χ3n) is 4.24. The van der Waals surface area contributed by atoms with E-state index in [1.54, 1.807) is 0 Å². The molecule has 1 fully saturated rings. The van der Waals surface area contributed by atoms with Gasteiger partial charge < -0.3 is 5.32 Å². The minimum Gasteiger partial charge on any atom is -0.367 e. The number of hydrogen-bond donors (Lipinski definition) is 1. The molecule has 112 valence electrons. The molecule has 0 aliphatic heterocycles. The molecule has 2 unspecified atom stereocenters. The number of aromatic nitrogens is 2. The summed E-state index contributed by atoms with van der Waals surface area (Å²) in [6, 6.07) is 2.54. The van der Waals surface area contributed by atoms with Gasteiger partial charge in [0.1, 0.15) is 16.2 Å². The molecule has 1 aliphatic rings. The Labute approximate surface area is 131 Å². The summed E-state index contributed by atoms with van der Waals surface area (Å²) in [5.41, 5.74) is 0. The lowest BCUT2D eigenvalue weighted by atomic mass is 9.78. The van der Waals surface area contributed by atoms with Gasteiger partial charge in [0.15, 0.2) is 0 Å². The Morgan fingerprint density at radius 1 is 1.15 bits per heavy atom. The first-order chi connectivity index (χ1) is 9.47. The molecule has 3 nitrogen and oxygen atoms in total. The van der Waals surface area contributed by atoms with E-state index in [-0.39, 0.29) is 0 Å². The highest BCUT2D eigenvalue weighted by Crippen LogP contribution is 2.32. The maximum absolute atomic E-state index is 4.67. The van der Waals surface area contributed by atoms with Crippen molar-refractivity contribution < 1.29 is 0 Å². The maximum atomic E-state index is 4.67. The molecule has 0 radical (unpaired) electrons. The molecule has 1 heterocycles. The Morgan fingerprint density at radius 2 is 1.85 bits per heavy atom. The summed E-state index contributed by atoms with van der Waals surface area (Å²) < 4.78 is 0.871. The molecular weight excluding hydrogens is 314 g/mol. The number of hydrogen-bond acceptors (Lipinski definition) is 3. The van der Waals surface area contributed by atoms with Crippen molar-refractivity contribution in [2.45, 2.75) is 65.3 Å². The Kier molecular flexibility index (Phi) is 5.42. The molecule has 1 N–H and O–H groups in total. The van der Waals surface area contributed by atoms with Gasteiger partial charge in [0, 0.05) is 18.0 Å². The van der Waals surface area contributed by atoms with Crippen molar-refractivity contribution >= 4 is 21.7 Å². The lowest BCUT2D eigenvalue weighted by Gasteiger charge is -2.35. The van der Waals surface area contributed by atoms with E-state index >= 15 is 0 Å². The summed E-state index contributed by atoms with van der Waals surface area (Å²) >= 11 is 3.50. The monoisotopic (exact) mass is 339 g/mol. The normalized spacial score (nSPS) is 23.4. The van der Waals surface area contributed by atoms with Crippen LogP contribution in [0.1, 0.15) is 65.1 Å². The van der Waals surface area contributed by atoms with Crippen LogP contribution in [0.15, 0.2) is 10.7 Å². The van der Waals surface area contributed by atoms with E-state index in [4.69, 9.17) is 0 Å². The molecule has 0 saturated heterocycles. The minimum atomic E-state index is 0.348. The van der Waals surface area contributed by atoms with Gasteiger partial charge in [0.05, 0.1) is 0 Å². The molecule has 20 heavy (non-hydrogen) atoms. The van der Waals surface area contributed by atoms with Crippen LogP contribution in [0.5, 0.6) is 0 Å². The van der Waals surface area contributed by atoms with Crippen molar-refractivity contribution in [3.63, 3.8) is 0 Å². The van der Waals surface area contributed by atoms with E-state index < -0.39 is 0 Å². The highest BCUT2D eigenvalue weighted by atomic mass is 79.9. The zero-order valence-corrected chi connectivity index (χ0v) is 14.6. The average Bonchev–Trinajstić information content (AvgIpc) is 2.38. The highest BCUT2D eigenvalue weighted by Gasteiger charge is 2.27. The largest absolute Gasteiger partial charge is 0.367 e. The molecule has 0 amide bonds. The first kappa shape index (κ1) is 15.7. The average molecular weight is 340 g/mol. The third-order valence-corrected chi connectivity index (χ3v) is 4.64. The predicted molar refractivity (Wildman–Crippen MR) is 88.0 cm³/mol. The smallest absolute Gasteiger partial charge is 0.134 e. The topological polar surface area (TPSA) is 37.8 Å². The van der Waals surface area contributed by atoms with Gasteiger partial charge in [-0.1, -0.05) is 40.5 Å². The summed E-state index contributed by atoms with van der Waals surface area (Å²) in [5, 5.41) is 3.67. The van der Waals surface area contributed by atoms with E-state index in [1.165, 1.54) is 25.7 Å². The van der Waals surface area contributed by atoms with Crippen molar-refractivity contribution in [3.8, 4) is 0 Å². The summed E-state index contributed by atoms with van der Waals surface area (Å²) in [6.07, 6.45) is 5.27. The van der Waals surface area contributed by atoms with Gasteiger partial charge in [0.25, 0.3) is 0 Å². The number of anilines is 1. The summed E-state index contributed by atoms with van der Waals surface area (Å²) in [4.78, 5) is 9.11. The van der Waals surface area contributed by atoms with Gasteiger partial charge in [-0.05, 0) is 40.6 Å². The van der Waals surface area contributed by atoms with Crippen molar-refractivity contribution in [3.05, 3.63) is 16.5 Å². The summed E-state index contributed by atoms with van der Waals surface area (Å²) in [5.74, 6) is 3.69. The van der Waals surface area contributed by atoms with Crippen LogP contribution in [0.3, 0.4) is 0 Å². The van der Waals surface area contributed by atoms with Crippen LogP contribution in [0.4, 0.5) is 5.82 Å². The molecule has 2 rings (SSSR count). The number of nitrogens with zero attached hydrogens (tertiary/aromatic N) is 2. The molecule has 1 aromatic heterocycles. The summed E-state index contributed by atoms with van der Waals surface area (Å²) in [6.45, 7) is 8.92. The number of halogens is 1. The van der Waals surface area contributed by atoms with Crippen molar-refractivity contribution in [1.29, 1.82) is 0 Å². The van der Waals surface area contributed by atoms with Crippen molar-refractivity contribution in [2.75, 3.05) is 5.32 Å². The van der Waals surface area contributed by atoms with Crippen LogP contribution in [0, 0.1) is 11.8 Å². The van der Waals surface area contributed by atoms with E-state index in [2.05, 4.69) is 58.9 Å². The van der Waals surface area contributed by atoms with Gasteiger partial charge in [-0.25, -0.2) is 9.97 Å². The first-order valence-corrected chi connectivity index (χ1v) is 8.57. The lowest BCUT2D eigenvalue weighted by molar-refractivity contribution is 0.253. The Bertz CT molecular complexity index is 445. The third kappa shape index (κ3) is 3.94. The molecule has 0 bridgehead atoms. The fourth-order valence-corrected chi connectivity index (χ4v) is 3.49. The van der Waals surface area contributed by atoms with E-state index in [0.29, 0.717) is 12.0 Å². The zero-order valence-electron chi connectivity index (χ0n) is 13.0. The van der Waals surface area contributed by atoms with Gasteiger partial charge in [-0.2, -0.15) is 0 Å². The van der Waals surface area contributed by atoms with Gasteiger partial charge in [0.2, 0.25) is 0 Å². The second kappa shape index (κ2) is 6.88. The van der Waals surface area contributed by atoms with Crippen molar-refractivity contribution in [1.82, 2.24) is 9.97 Å². The molecule has 2 atom stereocenters. The molecule has 0 aromatic carbocycles. The van der Waals surface area contributed by atoms with Gasteiger partial charge in [-0.15, -0.1) is 0 Å². The van der Waals surface area contributed by atoms with E-state index in [1.807, 2.05) is 6.07 Å². The SMILES string of the molecule is CC(C)c1nc(Br)cc(NC2CCCCC2C(C)C)n1. The lowest BCUT2D eigenvalue weighted by Crippen LogP contribution is -2.35. The van der Waals surface area contributed by atoms with Gasteiger partial charge in [-0.3, -0.25) is 0 Å². The fraction of sp³-hybridized carbons (Fsp3) is 0.750. The quantitative estimate of drug-likeness (QED) is 0.785. The first-order valence-electron chi connectivity index (χ1n) is 7.78. The maximum Gasteiger partial charge on any atom is 0.134 e. The Balaban J connectivity index is 2.15. The Morgan fingerprint density at radius 3 is 2.50 bits per heavy atom. The standard InChI is InChI=1S/C16H26BrN3/c1-10(2)12-7-5-6-8-13(12)18-15-9-14(17)19-16(20-15)11(3)4/h9-13H,5-8H2,1-4H3,(H,18,19,20). The van der Waals surface area contributed by atoms with Crippen LogP contribution in [-0.2, 0) is 0 Å². The number of nitrogens with one attached hydrogen (secondary N) is 1. The minimum absolute atomic E-state index is 0.348. The highest BCUT2D eigenvalue weighted by molar-refractivity contribution is 9.10. The van der Waals surface area contributed by atoms with Gasteiger partial charge >= 0.3 is 0 Å². The molecular formula is C16H26BrN3. The summed E-state index contributed by atoms with van der Waals surface area (Å²) in [7, 11) is 0. The molecule has 1 aromatic rings. The van der Waals surface area contributed by atoms with E-state index in [9.17, 15) is 0 Å². The fourth-order valence-electron chi connectivity index (χ4n) is 3.09. The van der Waals surface area contributed by atoms with Crippen LogP contribution in [-0.4, -0.2) is 16.0 Å². The number of rotatable bonds is 4. The molecule has 1 aliphatic carbocycles. The Hall–Kier alpha value is -0.640. The molecule has 1 saturated carbocycles. The van der Waals surface area contributed by atoms with E-state index in [0.717, 1.165) is 28.1 Å². The second-order valence-electron chi connectivity index (χ2n) is 6.53. The zero-order chi connectivity index (χ0) is 14.7. The van der Waals surface area contributed by atoms with Crippen LogP contribution >= 0.6 is 15.9 Å². The van der Waals surface area contributed by atoms with Crippen LogP contribution < -0.4 is 5.32 Å². The van der Waals surface area contributed by atoms with Crippen molar-refractivity contribution in [2.24, 2.45) is 11.8 Å². The van der Waals surface area contributed by atoms with Crippen LogP contribution in [0.25, 0.3) is 0 Å². The molecule has 0 spiro atoms. The molecule has 4 heteroatoms.